The van der Waals surface area contributed by atoms with E-state index in [1.807, 2.05) is 0 Å². The molecule has 2 aromatic rings. The zero-order valence-electron chi connectivity index (χ0n) is 14.9. The number of nitrogens with two attached hydrogens (primary N) is 1. The Labute approximate surface area is 171 Å². The lowest BCUT2D eigenvalue weighted by Gasteiger charge is -2.26. The molecule has 18 nitrogen and oxygen atoms in total. The molecule has 5 atom stereocenters. The number of fused-ring (bicyclic) bond motifs is 1. The molecular formula is C10H16N5O13P3. The van der Waals surface area contributed by atoms with Crippen molar-refractivity contribution in [1.82, 2.24) is 19.5 Å². The van der Waals surface area contributed by atoms with Crippen LogP contribution in [-0.4, -0.2) is 74.0 Å². The molecule has 21 heteroatoms. The van der Waals surface area contributed by atoms with E-state index < -0.39 is 54.6 Å². The van der Waals surface area contributed by atoms with Crippen LogP contribution in [-0.2, 0) is 31.8 Å². The Morgan fingerprint density at radius 3 is 2.29 bits per heavy atom. The highest BCUT2D eigenvalue weighted by Crippen LogP contribution is 2.60. The molecule has 174 valence electrons. The smallest absolute Gasteiger partial charge is 0.394 e. The number of phosphoric acid groups is 3. The number of hydrogen-bond acceptors (Lipinski definition) is 12. The summed E-state index contributed by atoms with van der Waals surface area (Å²) in [5.74, 6) is -0.0568. The molecule has 2 aromatic heterocycles. The van der Waals surface area contributed by atoms with E-state index in [0.717, 1.165) is 17.2 Å². The molecule has 0 spiro atoms. The van der Waals surface area contributed by atoms with Gasteiger partial charge >= 0.3 is 23.5 Å². The van der Waals surface area contributed by atoms with E-state index in [-0.39, 0.29) is 17.0 Å². The van der Waals surface area contributed by atoms with Gasteiger partial charge in [-0.3, -0.25) is 13.6 Å². The topological polar surface area (TPSA) is 279 Å². The molecule has 0 aliphatic carbocycles. The minimum atomic E-state index is -5.56. The predicted molar refractivity (Wildman–Crippen MR) is 95.5 cm³/mol. The molecular weight excluding hydrogens is 491 g/mol. The number of aliphatic hydroxyl groups excluding tert-OH is 1. The maximum absolute atomic E-state index is 12.1. The SMILES string of the molecule is Nc1ncnc2c1ncn2[C@@H]1O[C@H](CO)[C@@H](OP(=O)(O)O)[C@H]1OP(=O)(O)OP(=O)(O)O. The number of nitrogen functional groups attached to an aromatic ring is 1. The van der Waals surface area contributed by atoms with Crippen LogP contribution in [0.1, 0.15) is 6.23 Å². The van der Waals surface area contributed by atoms with Gasteiger partial charge in [0.1, 0.15) is 30.2 Å². The van der Waals surface area contributed by atoms with Gasteiger partial charge in [0, 0.05) is 0 Å². The van der Waals surface area contributed by atoms with Crippen LogP contribution in [0.15, 0.2) is 12.7 Å². The highest BCUT2D eigenvalue weighted by molar-refractivity contribution is 7.60. The predicted octanol–water partition coefficient (Wildman–Crippen LogP) is -1.63. The van der Waals surface area contributed by atoms with E-state index in [4.69, 9.17) is 24.8 Å². The van der Waals surface area contributed by atoms with Gasteiger partial charge in [0.25, 0.3) is 0 Å². The number of aliphatic hydroxyl groups is 1. The van der Waals surface area contributed by atoms with E-state index in [1.54, 1.807) is 0 Å². The summed E-state index contributed by atoms with van der Waals surface area (Å²) >= 11 is 0. The van der Waals surface area contributed by atoms with Crippen molar-refractivity contribution in [3.63, 3.8) is 0 Å². The number of ether oxygens (including phenoxy) is 1. The Balaban J connectivity index is 2.07. The first-order chi connectivity index (χ1) is 14.2. The number of nitrogens with zero attached hydrogens (tertiary/aromatic N) is 4. The summed E-state index contributed by atoms with van der Waals surface area (Å²) in [6.45, 7) is -0.903. The van der Waals surface area contributed by atoms with Crippen LogP contribution in [0.25, 0.3) is 11.2 Å². The third-order valence-electron chi connectivity index (χ3n) is 3.85. The van der Waals surface area contributed by atoms with Crippen LogP contribution in [0.3, 0.4) is 0 Å². The molecule has 3 rings (SSSR count). The second-order valence-electron chi connectivity index (χ2n) is 6.00. The number of aromatic nitrogens is 4. The molecule has 8 N–H and O–H groups in total. The number of hydrogen-bond donors (Lipinski definition) is 7. The van der Waals surface area contributed by atoms with E-state index in [0.29, 0.717) is 0 Å². The maximum atomic E-state index is 12.1. The summed E-state index contributed by atoms with van der Waals surface area (Å²) in [6, 6.07) is 0. The lowest BCUT2D eigenvalue weighted by molar-refractivity contribution is -0.0503. The second-order valence-corrected chi connectivity index (χ2v) is 9.98. The highest BCUT2D eigenvalue weighted by Gasteiger charge is 2.53. The van der Waals surface area contributed by atoms with Crippen LogP contribution >= 0.6 is 23.5 Å². The van der Waals surface area contributed by atoms with Crippen LogP contribution in [0.5, 0.6) is 0 Å². The molecule has 1 unspecified atom stereocenters. The van der Waals surface area contributed by atoms with Crippen molar-refractivity contribution >= 4 is 40.4 Å². The highest BCUT2D eigenvalue weighted by atomic mass is 31.3. The Kier molecular flexibility index (Phi) is 6.68. The monoisotopic (exact) mass is 507 g/mol. The van der Waals surface area contributed by atoms with Gasteiger partial charge in [-0.05, 0) is 0 Å². The molecule has 0 radical (unpaired) electrons. The lowest BCUT2D eigenvalue weighted by atomic mass is 10.1. The number of anilines is 1. The molecule has 31 heavy (non-hydrogen) atoms. The fourth-order valence-corrected chi connectivity index (χ4v) is 5.17. The molecule has 0 bridgehead atoms. The zero-order valence-corrected chi connectivity index (χ0v) is 17.6. The van der Waals surface area contributed by atoms with Crippen molar-refractivity contribution in [2.45, 2.75) is 24.5 Å². The summed E-state index contributed by atoms with van der Waals surface area (Å²) in [4.78, 5) is 57.3. The third kappa shape index (κ3) is 5.71. The van der Waals surface area contributed by atoms with Gasteiger partial charge in [-0.2, -0.15) is 4.31 Å². The lowest BCUT2D eigenvalue weighted by Crippen LogP contribution is -2.37. The summed E-state index contributed by atoms with van der Waals surface area (Å²) in [5, 5.41) is 9.54. The normalized spacial score (nSPS) is 26.9. The van der Waals surface area contributed by atoms with Gasteiger partial charge in [-0.1, -0.05) is 0 Å². The molecule has 1 fully saturated rings. The maximum Gasteiger partial charge on any atom is 0.481 e. The van der Waals surface area contributed by atoms with E-state index in [9.17, 15) is 33.5 Å². The van der Waals surface area contributed by atoms with Crippen molar-refractivity contribution in [3.8, 4) is 0 Å². The zero-order chi connectivity index (χ0) is 23.2. The first-order valence-electron chi connectivity index (χ1n) is 7.92. The summed E-state index contributed by atoms with van der Waals surface area (Å²) in [7, 11) is -16.4. The number of phosphoric ester groups is 2. The Bertz CT molecular complexity index is 1100. The Morgan fingerprint density at radius 2 is 1.71 bits per heavy atom. The van der Waals surface area contributed by atoms with Gasteiger partial charge < -0.3 is 40.0 Å². The largest absolute Gasteiger partial charge is 0.481 e. The number of imidazole rings is 1. The van der Waals surface area contributed by atoms with Crippen LogP contribution < -0.4 is 5.73 Å². The van der Waals surface area contributed by atoms with E-state index in [1.165, 1.54) is 0 Å². The first-order valence-corrected chi connectivity index (χ1v) is 12.5. The minimum Gasteiger partial charge on any atom is -0.394 e. The molecule has 0 aromatic carbocycles. The van der Waals surface area contributed by atoms with Gasteiger partial charge in [0.2, 0.25) is 0 Å². The average Bonchev–Trinajstić information content (AvgIpc) is 3.14. The van der Waals surface area contributed by atoms with Crippen molar-refractivity contribution in [2.75, 3.05) is 12.3 Å². The third-order valence-corrected chi connectivity index (χ3v) is 6.55. The Morgan fingerprint density at radius 1 is 1.03 bits per heavy atom. The van der Waals surface area contributed by atoms with Gasteiger partial charge in [0.05, 0.1) is 12.9 Å². The fourth-order valence-electron chi connectivity index (χ4n) is 2.84. The molecule has 0 amide bonds. The summed E-state index contributed by atoms with van der Waals surface area (Å²) < 4.78 is 54.0. The van der Waals surface area contributed by atoms with E-state index in [2.05, 4.69) is 23.8 Å². The van der Waals surface area contributed by atoms with Crippen LogP contribution in [0.2, 0.25) is 0 Å². The van der Waals surface area contributed by atoms with Gasteiger partial charge in [0.15, 0.2) is 17.7 Å². The van der Waals surface area contributed by atoms with Crippen LogP contribution in [0.4, 0.5) is 5.82 Å². The van der Waals surface area contributed by atoms with Crippen LogP contribution in [0, 0.1) is 0 Å². The average molecular weight is 507 g/mol. The van der Waals surface area contributed by atoms with Crippen molar-refractivity contribution in [3.05, 3.63) is 12.7 Å². The Hall–Kier alpha value is -1.36. The van der Waals surface area contributed by atoms with E-state index >= 15 is 0 Å². The molecule has 1 saturated heterocycles. The molecule has 1 aliphatic heterocycles. The fraction of sp³-hybridized carbons (Fsp3) is 0.500. The summed E-state index contributed by atoms with van der Waals surface area (Å²) in [6.07, 6.45) is -4.91. The number of rotatable bonds is 8. The minimum absolute atomic E-state index is 0.0108. The van der Waals surface area contributed by atoms with Gasteiger partial charge in [-0.15, -0.1) is 0 Å². The van der Waals surface area contributed by atoms with Crippen molar-refractivity contribution in [2.24, 2.45) is 0 Å². The molecule has 1 aliphatic rings. The van der Waals surface area contributed by atoms with Crippen molar-refractivity contribution < 1.29 is 61.4 Å². The summed E-state index contributed by atoms with van der Waals surface area (Å²) in [5.41, 5.74) is 5.73. The second kappa shape index (κ2) is 8.53. The molecule has 3 heterocycles. The first kappa shape index (κ1) is 24.3. The van der Waals surface area contributed by atoms with Crippen molar-refractivity contribution in [1.29, 1.82) is 0 Å². The quantitative estimate of drug-likeness (QED) is 0.197. The standard InChI is InChI=1S/C10H16N5O13P3/c11-8-5-9(13-2-12-8)15(3-14-5)10-7(27-31(23,24)28-30(20,21)22)6(4(1-16)25-10)26-29(17,18)19/h2-4,6-7,10,16H,1H2,(H,23,24)(H2,11,12,13)(H2,17,18,19)(H2,20,21,22)/t4-,6-,7-,10-/m1/s1. The molecule has 0 saturated carbocycles. The van der Waals surface area contributed by atoms with Gasteiger partial charge in [-0.25, -0.2) is 28.6 Å².